The smallest absolute Gasteiger partial charge is 0.0249 e. The number of rotatable bonds is 4. The van der Waals surface area contributed by atoms with Gasteiger partial charge >= 0.3 is 0 Å². The Morgan fingerprint density at radius 2 is 2.06 bits per heavy atom. The quantitative estimate of drug-likeness (QED) is 0.790. The first-order chi connectivity index (χ1) is 7.77. The molecule has 2 fully saturated rings. The molecule has 0 amide bonds. The SMILES string of the molecule is CC(C)CCN1CCCCC1C1CCCN1. The van der Waals surface area contributed by atoms with Gasteiger partial charge in [0.1, 0.15) is 0 Å². The van der Waals surface area contributed by atoms with Crippen molar-refractivity contribution in [3.05, 3.63) is 0 Å². The van der Waals surface area contributed by atoms with Gasteiger partial charge in [0.05, 0.1) is 0 Å². The number of hydrogen-bond acceptors (Lipinski definition) is 2. The first-order valence-electron chi connectivity index (χ1n) is 7.25. The monoisotopic (exact) mass is 224 g/mol. The maximum atomic E-state index is 3.70. The largest absolute Gasteiger partial charge is 0.312 e. The Kier molecular flexibility index (Phi) is 4.66. The molecule has 0 aromatic carbocycles. The van der Waals surface area contributed by atoms with Gasteiger partial charge in [0.25, 0.3) is 0 Å². The molecule has 94 valence electrons. The van der Waals surface area contributed by atoms with E-state index in [4.69, 9.17) is 0 Å². The van der Waals surface area contributed by atoms with Crippen molar-refractivity contribution in [3.8, 4) is 0 Å². The van der Waals surface area contributed by atoms with Crippen LogP contribution in [-0.2, 0) is 0 Å². The summed E-state index contributed by atoms with van der Waals surface area (Å²) in [6, 6.07) is 1.64. The summed E-state index contributed by atoms with van der Waals surface area (Å²) in [6.45, 7) is 8.59. The molecule has 2 rings (SSSR count). The highest BCUT2D eigenvalue weighted by Crippen LogP contribution is 2.24. The third-order valence-corrected chi connectivity index (χ3v) is 4.22. The minimum Gasteiger partial charge on any atom is -0.312 e. The van der Waals surface area contributed by atoms with Crippen LogP contribution in [0.1, 0.15) is 52.4 Å². The zero-order valence-electron chi connectivity index (χ0n) is 11.0. The van der Waals surface area contributed by atoms with Crippen molar-refractivity contribution >= 4 is 0 Å². The Labute approximate surface area is 101 Å². The zero-order valence-corrected chi connectivity index (χ0v) is 11.0. The minimum absolute atomic E-state index is 0.799. The van der Waals surface area contributed by atoms with Crippen LogP contribution in [0.3, 0.4) is 0 Å². The van der Waals surface area contributed by atoms with Crippen LogP contribution in [0, 0.1) is 5.92 Å². The molecule has 16 heavy (non-hydrogen) atoms. The van der Waals surface area contributed by atoms with Crippen molar-refractivity contribution in [2.24, 2.45) is 5.92 Å². The lowest BCUT2D eigenvalue weighted by molar-refractivity contribution is 0.114. The lowest BCUT2D eigenvalue weighted by Gasteiger charge is -2.39. The van der Waals surface area contributed by atoms with E-state index < -0.39 is 0 Å². The van der Waals surface area contributed by atoms with Gasteiger partial charge in [-0.3, -0.25) is 4.90 Å². The van der Waals surface area contributed by atoms with Gasteiger partial charge in [-0.15, -0.1) is 0 Å². The third-order valence-electron chi connectivity index (χ3n) is 4.22. The van der Waals surface area contributed by atoms with E-state index >= 15 is 0 Å². The summed E-state index contributed by atoms with van der Waals surface area (Å²) in [5, 5.41) is 3.70. The fourth-order valence-corrected chi connectivity index (χ4v) is 3.21. The molecule has 0 aliphatic carbocycles. The summed E-state index contributed by atoms with van der Waals surface area (Å²) in [5.41, 5.74) is 0. The molecule has 2 aliphatic rings. The van der Waals surface area contributed by atoms with Crippen LogP contribution in [0.5, 0.6) is 0 Å². The van der Waals surface area contributed by atoms with Crippen molar-refractivity contribution in [1.29, 1.82) is 0 Å². The van der Waals surface area contributed by atoms with E-state index in [1.54, 1.807) is 0 Å². The van der Waals surface area contributed by atoms with E-state index in [-0.39, 0.29) is 0 Å². The highest BCUT2D eigenvalue weighted by atomic mass is 15.2. The first kappa shape index (κ1) is 12.4. The van der Waals surface area contributed by atoms with Gasteiger partial charge in [0.2, 0.25) is 0 Å². The second-order valence-corrected chi connectivity index (χ2v) is 5.98. The average Bonchev–Trinajstić information content (AvgIpc) is 2.80. The normalized spacial score (nSPS) is 32.4. The van der Waals surface area contributed by atoms with Crippen molar-refractivity contribution < 1.29 is 0 Å². The number of nitrogens with one attached hydrogen (secondary N) is 1. The van der Waals surface area contributed by atoms with Crippen LogP contribution in [0.25, 0.3) is 0 Å². The van der Waals surface area contributed by atoms with Crippen LogP contribution in [-0.4, -0.2) is 36.6 Å². The summed E-state index contributed by atoms with van der Waals surface area (Å²) in [5.74, 6) is 0.846. The molecule has 0 aromatic heterocycles. The molecule has 0 saturated carbocycles. The van der Waals surface area contributed by atoms with Gasteiger partial charge in [-0.05, 0) is 57.7 Å². The number of piperidine rings is 1. The highest BCUT2D eigenvalue weighted by molar-refractivity contribution is 4.90. The fourth-order valence-electron chi connectivity index (χ4n) is 3.21. The van der Waals surface area contributed by atoms with Crippen molar-refractivity contribution in [2.75, 3.05) is 19.6 Å². The summed E-state index contributed by atoms with van der Waals surface area (Å²) in [4.78, 5) is 2.77. The molecule has 2 aliphatic heterocycles. The van der Waals surface area contributed by atoms with E-state index in [1.807, 2.05) is 0 Å². The number of likely N-dealkylation sites (tertiary alicyclic amines) is 1. The predicted octanol–water partition coefficient (Wildman–Crippen LogP) is 2.64. The Hall–Kier alpha value is -0.0800. The van der Waals surface area contributed by atoms with Gasteiger partial charge in [-0.1, -0.05) is 20.3 Å². The topological polar surface area (TPSA) is 15.3 Å². The van der Waals surface area contributed by atoms with Crippen LogP contribution in [0.15, 0.2) is 0 Å². The fraction of sp³-hybridized carbons (Fsp3) is 1.00. The van der Waals surface area contributed by atoms with Gasteiger partial charge in [0, 0.05) is 12.1 Å². The van der Waals surface area contributed by atoms with Crippen LogP contribution >= 0.6 is 0 Å². The van der Waals surface area contributed by atoms with E-state index in [2.05, 4.69) is 24.1 Å². The lowest BCUT2D eigenvalue weighted by atomic mass is 9.94. The molecule has 2 heteroatoms. The minimum atomic E-state index is 0.799. The molecule has 2 atom stereocenters. The Balaban J connectivity index is 1.85. The number of hydrogen-bond donors (Lipinski definition) is 1. The van der Waals surface area contributed by atoms with Crippen LogP contribution < -0.4 is 5.32 Å². The zero-order chi connectivity index (χ0) is 11.4. The maximum Gasteiger partial charge on any atom is 0.0249 e. The molecule has 1 N–H and O–H groups in total. The molecule has 0 aromatic rings. The molecule has 0 bridgehead atoms. The molecule has 2 heterocycles. The average molecular weight is 224 g/mol. The van der Waals surface area contributed by atoms with Crippen molar-refractivity contribution in [1.82, 2.24) is 10.2 Å². The predicted molar refractivity (Wildman–Crippen MR) is 69.7 cm³/mol. The van der Waals surface area contributed by atoms with Gasteiger partial charge < -0.3 is 5.32 Å². The van der Waals surface area contributed by atoms with Crippen molar-refractivity contribution in [3.63, 3.8) is 0 Å². The Bertz CT molecular complexity index is 197. The van der Waals surface area contributed by atoms with Crippen LogP contribution in [0.2, 0.25) is 0 Å². The van der Waals surface area contributed by atoms with Gasteiger partial charge in [-0.25, -0.2) is 0 Å². The molecule has 0 radical (unpaired) electrons. The Morgan fingerprint density at radius 1 is 1.19 bits per heavy atom. The van der Waals surface area contributed by atoms with Crippen molar-refractivity contribution in [2.45, 2.75) is 64.5 Å². The molecule has 2 nitrogen and oxygen atoms in total. The van der Waals surface area contributed by atoms with E-state index in [9.17, 15) is 0 Å². The molecular weight excluding hydrogens is 196 g/mol. The van der Waals surface area contributed by atoms with Gasteiger partial charge in [-0.2, -0.15) is 0 Å². The first-order valence-corrected chi connectivity index (χ1v) is 7.25. The maximum absolute atomic E-state index is 3.70. The third kappa shape index (κ3) is 3.21. The summed E-state index contributed by atoms with van der Waals surface area (Å²) in [7, 11) is 0. The standard InChI is InChI=1S/C14H28N2/c1-12(2)8-11-16-10-4-3-7-14(16)13-6-5-9-15-13/h12-15H,3-11H2,1-2H3. The second kappa shape index (κ2) is 6.02. The summed E-state index contributed by atoms with van der Waals surface area (Å²) < 4.78 is 0. The van der Waals surface area contributed by atoms with E-state index in [0.717, 1.165) is 18.0 Å². The summed E-state index contributed by atoms with van der Waals surface area (Å²) in [6.07, 6.45) is 8.45. The van der Waals surface area contributed by atoms with Crippen LogP contribution in [0.4, 0.5) is 0 Å². The molecule has 0 spiro atoms. The van der Waals surface area contributed by atoms with E-state index in [1.165, 1.54) is 58.2 Å². The lowest BCUT2D eigenvalue weighted by Crippen LogP contribution is -2.50. The number of nitrogens with zero attached hydrogens (tertiary/aromatic N) is 1. The van der Waals surface area contributed by atoms with Gasteiger partial charge in [0.15, 0.2) is 0 Å². The molecular formula is C14H28N2. The molecule has 2 saturated heterocycles. The second-order valence-electron chi connectivity index (χ2n) is 5.98. The highest BCUT2D eigenvalue weighted by Gasteiger charge is 2.31. The summed E-state index contributed by atoms with van der Waals surface area (Å²) >= 11 is 0. The molecule has 2 unspecified atom stereocenters. The van der Waals surface area contributed by atoms with E-state index in [0.29, 0.717) is 0 Å². The Morgan fingerprint density at radius 3 is 2.75 bits per heavy atom.